The molecule has 4 rings (SSSR count). The minimum atomic E-state index is -0.286. The van der Waals surface area contributed by atoms with Crippen LogP contribution in [0.5, 0.6) is 0 Å². The predicted octanol–water partition coefficient (Wildman–Crippen LogP) is 6.47. The molecule has 27 heavy (non-hydrogen) atoms. The van der Waals surface area contributed by atoms with E-state index in [1.54, 1.807) is 24.3 Å². The van der Waals surface area contributed by atoms with Gasteiger partial charge in [-0.05, 0) is 61.0 Å². The summed E-state index contributed by atoms with van der Waals surface area (Å²) in [5.41, 5.74) is 4.46. The molecule has 1 heterocycles. The number of fused-ring (bicyclic) bond motifs is 1. The number of benzene rings is 3. The first kappa shape index (κ1) is 17.8. The van der Waals surface area contributed by atoms with Crippen molar-refractivity contribution in [3.63, 3.8) is 0 Å². The monoisotopic (exact) mass is 440 g/mol. The van der Waals surface area contributed by atoms with Crippen molar-refractivity contribution in [2.24, 2.45) is 0 Å². The summed E-state index contributed by atoms with van der Waals surface area (Å²) in [5.74, 6) is 0.221. The van der Waals surface area contributed by atoms with E-state index in [9.17, 15) is 4.79 Å². The zero-order chi connectivity index (χ0) is 19.0. The Bertz CT molecular complexity index is 1170. The highest BCUT2D eigenvalue weighted by Gasteiger charge is 2.13. The first-order valence-corrected chi connectivity index (χ1v) is 9.41. The van der Waals surface area contributed by atoms with E-state index in [2.05, 4.69) is 26.2 Å². The second kappa shape index (κ2) is 7.18. The molecule has 0 saturated carbocycles. The lowest BCUT2D eigenvalue weighted by atomic mass is 10.1. The van der Waals surface area contributed by atoms with E-state index in [-0.39, 0.29) is 5.91 Å². The van der Waals surface area contributed by atoms with Gasteiger partial charge in [-0.25, -0.2) is 4.98 Å². The Morgan fingerprint density at radius 2 is 1.96 bits per heavy atom. The van der Waals surface area contributed by atoms with Crippen LogP contribution in [0.1, 0.15) is 15.9 Å². The second-order valence-corrected chi connectivity index (χ2v) is 7.47. The van der Waals surface area contributed by atoms with Gasteiger partial charge < -0.3 is 9.73 Å². The van der Waals surface area contributed by atoms with Crippen molar-refractivity contribution in [1.82, 2.24) is 4.98 Å². The Hall–Kier alpha value is -2.63. The van der Waals surface area contributed by atoms with Gasteiger partial charge >= 0.3 is 0 Å². The number of aromatic nitrogens is 1. The summed E-state index contributed by atoms with van der Waals surface area (Å²) in [5, 5.41) is 3.26. The first-order chi connectivity index (χ1) is 13.0. The van der Waals surface area contributed by atoms with Crippen molar-refractivity contribution in [3.8, 4) is 11.5 Å². The molecule has 0 bridgehead atoms. The molecule has 0 radical (unpaired) electrons. The highest BCUT2D eigenvalue weighted by molar-refractivity contribution is 9.10. The van der Waals surface area contributed by atoms with Gasteiger partial charge in [-0.15, -0.1) is 0 Å². The van der Waals surface area contributed by atoms with Gasteiger partial charge in [0.05, 0.1) is 10.6 Å². The van der Waals surface area contributed by atoms with Gasteiger partial charge in [-0.3, -0.25) is 4.79 Å². The molecule has 134 valence electrons. The molecule has 0 aliphatic heterocycles. The Morgan fingerprint density at radius 1 is 1.11 bits per heavy atom. The molecule has 0 fully saturated rings. The summed E-state index contributed by atoms with van der Waals surface area (Å²) in [6, 6.07) is 18.4. The van der Waals surface area contributed by atoms with Gasteiger partial charge in [-0.2, -0.15) is 0 Å². The third kappa shape index (κ3) is 3.75. The van der Waals surface area contributed by atoms with E-state index in [1.165, 1.54) is 0 Å². The van der Waals surface area contributed by atoms with Crippen LogP contribution in [-0.4, -0.2) is 10.9 Å². The van der Waals surface area contributed by atoms with E-state index < -0.39 is 0 Å². The zero-order valence-corrected chi connectivity index (χ0v) is 16.6. The van der Waals surface area contributed by atoms with Crippen LogP contribution in [0.3, 0.4) is 0 Å². The fourth-order valence-electron chi connectivity index (χ4n) is 2.76. The molecular formula is C21H14BrClN2O2. The third-order valence-electron chi connectivity index (χ3n) is 4.08. The lowest BCUT2D eigenvalue weighted by Crippen LogP contribution is -2.12. The summed E-state index contributed by atoms with van der Waals surface area (Å²) < 4.78 is 6.62. The second-order valence-electron chi connectivity index (χ2n) is 6.15. The van der Waals surface area contributed by atoms with Gasteiger partial charge in [0.1, 0.15) is 5.52 Å². The van der Waals surface area contributed by atoms with Gasteiger partial charge in [0.25, 0.3) is 5.91 Å². The van der Waals surface area contributed by atoms with Crippen LogP contribution in [0, 0.1) is 6.92 Å². The van der Waals surface area contributed by atoms with Crippen molar-refractivity contribution < 1.29 is 9.21 Å². The first-order valence-electron chi connectivity index (χ1n) is 8.23. The number of amides is 1. The minimum Gasteiger partial charge on any atom is -0.436 e. The molecule has 0 saturated heterocycles. The van der Waals surface area contributed by atoms with E-state index in [0.29, 0.717) is 22.2 Å². The van der Waals surface area contributed by atoms with Crippen molar-refractivity contribution in [1.29, 1.82) is 0 Å². The maximum Gasteiger partial charge on any atom is 0.257 e. The van der Waals surface area contributed by atoms with E-state index in [4.69, 9.17) is 16.0 Å². The lowest BCUT2D eigenvalue weighted by molar-refractivity contribution is 0.102. The Labute approximate surface area is 169 Å². The number of nitrogens with one attached hydrogen (secondary N) is 1. The summed E-state index contributed by atoms with van der Waals surface area (Å²) >= 11 is 9.49. The Balaban J connectivity index is 1.63. The number of nitrogens with zero attached hydrogens (tertiary/aromatic N) is 1. The van der Waals surface area contributed by atoms with Gasteiger partial charge in [0.15, 0.2) is 5.58 Å². The van der Waals surface area contributed by atoms with Crippen LogP contribution < -0.4 is 5.32 Å². The topological polar surface area (TPSA) is 55.1 Å². The van der Waals surface area contributed by atoms with Crippen LogP contribution in [0.2, 0.25) is 5.02 Å². The Morgan fingerprint density at radius 3 is 2.81 bits per heavy atom. The highest BCUT2D eigenvalue weighted by Crippen LogP contribution is 2.27. The average Bonchev–Trinajstić information content (AvgIpc) is 3.07. The van der Waals surface area contributed by atoms with Gasteiger partial charge in [0.2, 0.25) is 5.89 Å². The summed E-state index contributed by atoms with van der Waals surface area (Å²) in [4.78, 5) is 17.1. The smallest absolute Gasteiger partial charge is 0.257 e. The number of carbonyl (C=O) groups is 1. The average molecular weight is 442 g/mol. The number of halogens is 2. The molecule has 0 unspecified atom stereocenters. The third-order valence-corrected chi connectivity index (χ3v) is 4.91. The quantitative estimate of drug-likeness (QED) is 0.396. The van der Waals surface area contributed by atoms with Gasteiger partial charge in [0, 0.05) is 15.7 Å². The number of hydrogen-bond donors (Lipinski definition) is 1. The number of carbonyl (C=O) groups excluding carboxylic acids is 1. The summed E-state index contributed by atoms with van der Waals surface area (Å²) in [6.45, 7) is 2.01. The molecule has 4 nitrogen and oxygen atoms in total. The zero-order valence-electron chi connectivity index (χ0n) is 14.3. The largest absolute Gasteiger partial charge is 0.436 e. The predicted molar refractivity (Wildman–Crippen MR) is 111 cm³/mol. The number of anilines is 1. The standard InChI is InChI=1S/C21H14BrClN2O2/c1-12-5-8-19-18(9-12)25-21(27-19)13-3-2-4-15(10-13)24-20(26)16-11-14(22)6-7-17(16)23/h2-11H,1H3,(H,24,26). The molecule has 0 atom stereocenters. The molecule has 0 spiro atoms. The van der Waals surface area contributed by atoms with E-state index in [1.807, 2.05) is 43.3 Å². The van der Waals surface area contributed by atoms with E-state index >= 15 is 0 Å². The van der Waals surface area contributed by atoms with Crippen LogP contribution in [0.25, 0.3) is 22.6 Å². The minimum absolute atomic E-state index is 0.286. The summed E-state index contributed by atoms with van der Waals surface area (Å²) in [7, 11) is 0. The van der Waals surface area contributed by atoms with Crippen molar-refractivity contribution in [3.05, 3.63) is 81.3 Å². The van der Waals surface area contributed by atoms with Crippen LogP contribution >= 0.6 is 27.5 Å². The van der Waals surface area contributed by atoms with Crippen molar-refractivity contribution in [2.75, 3.05) is 5.32 Å². The maximum absolute atomic E-state index is 12.6. The van der Waals surface area contributed by atoms with Crippen molar-refractivity contribution >= 4 is 50.2 Å². The molecule has 1 N–H and O–H groups in total. The highest BCUT2D eigenvalue weighted by atomic mass is 79.9. The number of aryl methyl sites for hydroxylation is 1. The molecule has 1 amide bonds. The van der Waals surface area contributed by atoms with Gasteiger partial charge in [-0.1, -0.05) is 39.7 Å². The molecule has 0 aliphatic rings. The number of rotatable bonds is 3. The van der Waals surface area contributed by atoms with E-state index in [0.717, 1.165) is 26.7 Å². The summed E-state index contributed by atoms with van der Waals surface area (Å²) in [6.07, 6.45) is 0. The number of hydrogen-bond acceptors (Lipinski definition) is 3. The number of oxazole rings is 1. The van der Waals surface area contributed by atoms with Crippen LogP contribution in [0.15, 0.2) is 69.6 Å². The molecule has 1 aromatic heterocycles. The fraction of sp³-hybridized carbons (Fsp3) is 0.0476. The lowest BCUT2D eigenvalue weighted by Gasteiger charge is -2.08. The Kier molecular flexibility index (Phi) is 4.72. The molecular weight excluding hydrogens is 428 g/mol. The van der Waals surface area contributed by atoms with Crippen LogP contribution in [0.4, 0.5) is 5.69 Å². The maximum atomic E-state index is 12.6. The SMILES string of the molecule is Cc1ccc2oc(-c3cccc(NC(=O)c4cc(Br)ccc4Cl)c3)nc2c1. The molecule has 0 aliphatic carbocycles. The fourth-order valence-corrected chi connectivity index (χ4v) is 3.33. The van der Waals surface area contributed by atoms with Crippen LogP contribution in [-0.2, 0) is 0 Å². The van der Waals surface area contributed by atoms with Crippen molar-refractivity contribution in [2.45, 2.75) is 6.92 Å². The molecule has 3 aromatic carbocycles. The molecule has 4 aromatic rings. The molecule has 6 heteroatoms. The normalized spacial score (nSPS) is 10.9.